The molecule has 0 bridgehead atoms. The number of aryl methyl sites for hydroxylation is 1. The molecule has 1 amide bonds. The summed E-state index contributed by atoms with van der Waals surface area (Å²) >= 11 is 0. The number of nitrogens with one attached hydrogen (secondary N) is 2. The number of sulfonamides is 1. The van der Waals surface area contributed by atoms with Gasteiger partial charge in [-0.2, -0.15) is 5.10 Å². The number of benzene rings is 3. The van der Waals surface area contributed by atoms with Crippen molar-refractivity contribution in [1.29, 1.82) is 0 Å². The van der Waals surface area contributed by atoms with Crippen molar-refractivity contribution in [2.45, 2.75) is 24.3 Å². The molecule has 0 saturated carbocycles. The average Bonchev–Trinajstić information content (AvgIpc) is 3.34. The van der Waals surface area contributed by atoms with Crippen LogP contribution in [0, 0.1) is 12.7 Å². The number of hydrogen-bond acceptors (Lipinski definition) is 5. The van der Waals surface area contributed by atoms with Crippen LogP contribution in [0.3, 0.4) is 0 Å². The number of amides is 1. The standard InChI is InChI=1S/C27H24FN3O4S/c1-19-7-14-24(15-8-19)36(33,34)31-25(20-5-3-2-4-6-20)17-27(32)30-29-18-23-13-16-26(35-23)21-9-11-22(28)12-10-21/h2-16,18,25,31H,17H2,1H3,(H,30,32)/b29-18-/t25-/m1/s1. The van der Waals surface area contributed by atoms with Gasteiger partial charge in [-0.15, -0.1) is 0 Å². The van der Waals surface area contributed by atoms with E-state index in [-0.39, 0.29) is 17.1 Å². The Kier molecular flexibility index (Phi) is 7.72. The van der Waals surface area contributed by atoms with E-state index in [1.165, 1.54) is 30.5 Å². The van der Waals surface area contributed by atoms with Crippen molar-refractivity contribution in [3.05, 3.63) is 114 Å². The van der Waals surface area contributed by atoms with Crippen LogP contribution < -0.4 is 10.1 Å². The number of carbonyl (C=O) groups excluding carboxylic acids is 1. The fourth-order valence-electron chi connectivity index (χ4n) is 3.48. The van der Waals surface area contributed by atoms with Crippen molar-refractivity contribution in [2.75, 3.05) is 0 Å². The minimum atomic E-state index is -3.87. The van der Waals surface area contributed by atoms with E-state index in [0.29, 0.717) is 22.6 Å². The van der Waals surface area contributed by atoms with Crippen molar-refractivity contribution < 1.29 is 22.0 Å². The molecule has 1 heterocycles. The maximum Gasteiger partial charge on any atom is 0.242 e. The zero-order valence-corrected chi connectivity index (χ0v) is 20.2. The van der Waals surface area contributed by atoms with E-state index in [0.717, 1.165) is 5.56 Å². The summed E-state index contributed by atoms with van der Waals surface area (Å²) in [6, 6.07) is 23.7. The van der Waals surface area contributed by atoms with E-state index in [1.54, 1.807) is 60.7 Å². The summed E-state index contributed by atoms with van der Waals surface area (Å²) in [7, 11) is -3.87. The Balaban J connectivity index is 1.42. The molecule has 4 rings (SSSR count). The highest BCUT2D eigenvalue weighted by atomic mass is 32.2. The third kappa shape index (κ3) is 6.53. The van der Waals surface area contributed by atoms with E-state index >= 15 is 0 Å². The summed E-state index contributed by atoms with van der Waals surface area (Å²) in [6.45, 7) is 1.87. The molecular formula is C27H24FN3O4S. The van der Waals surface area contributed by atoms with Gasteiger partial charge in [-0.1, -0.05) is 48.0 Å². The molecule has 0 spiro atoms. The fraction of sp³-hybridized carbons (Fsp3) is 0.111. The minimum Gasteiger partial charge on any atom is -0.455 e. The highest BCUT2D eigenvalue weighted by molar-refractivity contribution is 7.89. The Bertz CT molecular complexity index is 1450. The van der Waals surface area contributed by atoms with Gasteiger partial charge in [-0.05, 0) is 61.0 Å². The number of furan rings is 1. The molecule has 0 aliphatic rings. The Hall–Kier alpha value is -4.08. The lowest BCUT2D eigenvalue weighted by atomic mass is 10.0. The molecule has 36 heavy (non-hydrogen) atoms. The summed E-state index contributed by atoms with van der Waals surface area (Å²) in [5.41, 5.74) is 4.69. The molecule has 1 aromatic heterocycles. The Morgan fingerprint density at radius 1 is 0.972 bits per heavy atom. The van der Waals surface area contributed by atoms with Gasteiger partial charge in [0.05, 0.1) is 17.2 Å². The van der Waals surface area contributed by atoms with Gasteiger partial charge in [0.15, 0.2) is 0 Å². The smallest absolute Gasteiger partial charge is 0.242 e. The average molecular weight is 506 g/mol. The first kappa shape index (κ1) is 25.0. The van der Waals surface area contributed by atoms with Crippen molar-refractivity contribution in [3.63, 3.8) is 0 Å². The van der Waals surface area contributed by atoms with Gasteiger partial charge in [-0.3, -0.25) is 4.79 Å². The van der Waals surface area contributed by atoms with Crippen LogP contribution in [0.5, 0.6) is 0 Å². The number of hydrazone groups is 1. The first-order valence-corrected chi connectivity index (χ1v) is 12.6. The molecule has 0 radical (unpaired) electrons. The second kappa shape index (κ2) is 11.1. The lowest BCUT2D eigenvalue weighted by Crippen LogP contribution is -2.32. The lowest BCUT2D eigenvalue weighted by Gasteiger charge is -2.18. The predicted octanol–water partition coefficient (Wildman–Crippen LogP) is 4.95. The van der Waals surface area contributed by atoms with Gasteiger partial charge in [0.25, 0.3) is 0 Å². The minimum absolute atomic E-state index is 0.113. The maximum atomic E-state index is 13.1. The van der Waals surface area contributed by atoms with E-state index in [1.807, 2.05) is 13.0 Å². The molecule has 0 aliphatic heterocycles. The van der Waals surface area contributed by atoms with Gasteiger partial charge in [0.2, 0.25) is 15.9 Å². The third-order valence-corrected chi connectivity index (χ3v) is 6.84. The molecule has 3 aromatic carbocycles. The van der Waals surface area contributed by atoms with Crippen LogP contribution in [-0.2, 0) is 14.8 Å². The van der Waals surface area contributed by atoms with Crippen molar-refractivity contribution >= 4 is 22.1 Å². The molecule has 0 aliphatic carbocycles. The van der Waals surface area contributed by atoms with Crippen LogP contribution in [0.4, 0.5) is 4.39 Å². The summed E-state index contributed by atoms with van der Waals surface area (Å²) in [4.78, 5) is 12.7. The number of nitrogens with zero attached hydrogens (tertiary/aromatic N) is 1. The monoisotopic (exact) mass is 505 g/mol. The highest BCUT2D eigenvalue weighted by Gasteiger charge is 2.23. The second-order valence-electron chi connectivity index (χ2n) is 8.10. The summed E-state index contributed by atoms with van der Waals surface area (Å²) in [5, 5.41) is 3.92. The van der Waals surface area contributed by atoms with Gasteiger partial charge >= 0.3 is 0 Å². The van der Waals surface area contributed by atoms with Gasteiger partial charge in [0, 0.05) is 12.0 Å². The van der Waals surface area contributed by atoms with Crippen LogP contribution in [-0.4, -0.2) is 20.5 Å². The number of carbonyl (C=O) groups is 1. The number of hydrogen-bond donors (Lipinski definition) is 2. The van der Waals surface area contributed by atoms with Crippen molar-refractivity contribution in [3.8, 4) is 11.3 Å². The Labute approximate surface area is 208 Å². The largest absolute Gasteiger partial charge is 0.455 e. The number of rotatable bonds is 9. The van der Waals surface area contributed by atoms with Crippen molar-refractivity contribution in [1.82, 2.24) is 10.1 Å². The highest BCUT2D eigenvalue weighted by Crippen LogP contribution is 2.22. The Morgan fingerprint density at radius 2 is 1.67 bits per heavy atom. The summed E-state index contributed by atoms with van der Waals surface area (Å²) < 4.78 is 47.3. The Morgan fingerprint density at radius 3 is 2.36 bits per heavy atom. The molecule has 2 N–H and O–H groups in total. The van der Waals surface area contributed by atoms with Crippen LogP contribution in [0.15, 0.2) is 105 Å². The normalized spacial score (nSPS) is 12.5. The van der Waals surface area contributed by atoms with E-state index < -0.39 is 22.0 Å². The molecule has 1 atom stereocenters. The van der Waals surface area contributed by atoms with E-state index in [2.05, 4.69) is 15.2 Å². The van der Waals surface area contributed by atoms with Gasteiger partial charge in [-0.25, -0.2) is 23.0 Å². The van der Waals surface area contributed by atoms with Gasteiger partial charge < -0.3 is 4.42 Å². The third-order valence-electron chi connectivity index (χ3n) is 5.36. The van der Waals surface area contributed by atoms with Gasteiger partial charge in [0.1, 0.15) is 17.3 Å². The molecule has 9 heteroatoms. The lowest BCUT2D eigenvalue weighted by molar-refractivity contribution is -0.121. The van der Waals surface area contributed by atoms with E-state index in [9.17, 15) is 17.6 Å². The molecule has 184 valence electrons. The maximum absolute atomic E-state index is 13.1. The van der Waals surface area contributed by atoms with Crippen LogP contribution >= 0.6 is 0 Å². The van der Waals surface area contributed by atoms with E-state index in [4.69, 9.17) is 4.42 Å². The SMILES string of the molecule is Cc1ccc(S(=O)(=O)N[C@H](CC(=O)N/N=C\c2ccc(-c3ccc(F)cc3)o2)c2ccccc2)cc1. The molecule has 7 nitrogen and oxygen atoms in total. The van der Waals surface area contributed by atoms with Crippen LogP contribution in [0.1, 0.15) is 29.3 Å². The molecule has 0 unspecified atom stereocenters. The first-order valence-electron chi connectivity index (χ1n) is 11.1. The predicted molar refractivity (Wildman–Crippen MR) is 135 cm³/mol. The van der Waals surface area contributed by atoms with Crippen LogP contribution in [0.2, 0.25) is 0 Å². The zero-order chi connectivity index (χ0) is 25.5. The second-order valence-corrected chi connectivity index (χ2v) is 9.82. The molecule has 4 aromatic rings. The number of halogens is 1. The first-order chi connectivity index (χ1) is 17.3. The zero-order valence-electron chi connectivity index (χ0n) is 19.4. The quantitative estimate of drug-likeness (QED) is 0.248. The van der Waals surface area contributed by atoms with Crippen LogP contribution in [0.25, 0.3) is 11.3 Å². The fourth-order valence-corrected chi connectivity index (χ4v) is 4.70. The van der Waals surface area contributed by atoms with Crippen molar-refractivity contribution in [2.24, 2.45) is 5.10 Å². The molecule has 0 fully saturated rings. The summed E-state index contributed by atoms with van der Waals surface area (Å²) in [6.07, 6.45) is 1.16. The molecular weight excluding hydrogens is 481 g/mol. The summed E-state index contributed by atoms with van der Waals surface area (Å²) in [5.74, 6) is 0.0773. The molecule has 0 saturated heterocycles. The topological polar surface area (TPSA) is 101 Å².